The van der Waals surface area contributed by atoms with Crippen molar-refractivity contribution >= 4 is 11.8 Å². The van der Waals surface area contributed by atoms with Crippen LogP contribution in [0.2, 0.25) is 0 Å². The maximum Gasteiger partial charge on any atom is 0.356 e. The topological polar surface area (TPSA) is 84.1 Å². The van der Waals surface area contributed by atoms with Crippen molar-refractivity contribution in [1.82, 2.24) is 19.5 Å². The van der Waals surface area contributed by atoms with Crippen LogP contribution in [-0.4, -0.2) is 43.7 Å². The van der Waals surface area contributed by atoms with Crippen molar-refractivity contribution in [3.8, 4) is 5.82 Å². The fourth-order valence-corrected chi connectivity index (χ4v) is 2.33. The van der Waals surface area contributed by atoms with Crippen LogP contribution >= 0.6 is 0 Å². The highest BCUT2D eigenvalue weighted by atomic mass is 16.4. The largest absolute Gasteiger partial charge is 0.476 e. The number of aromatic nitrogens is 4. The molecule has 2 aromatic heterocycles. The van der Waals surface area contributed by atoms with E-state index in [4.69, 9.17) is 5.11 Å². The fraction of sp³-hybridized carbons (Fsp3) is 0.385. The minimum absolute atomic E-state index is 0.00290. The first-order valence-corrected chi connectivity index (χ1v) is 6.59. The normalized spacial score (nSPS) is 15.3. The number of piperidine rings is 1. The Kier molecular flexibility index (Phi) is 3.32. The molecule has 0 spiro atoms. The van der Waals surface area contributed by atoms with Gasteiger partial charge in [0.05, 0.1) is 0 Å². The van der Waals surface area contributed by atoms with Crippen molar-refractivity contribution in [1.29, 1.82) is 0 Å². The Morgan fingerprint density at radius 2 is 1.85 bits per heavy atom. The van der Waals surface area contributed by atoms with Crippen LogP contribution in [0.1, 0.15) is 29.8 Å². The van der Waals surface area contributed by atoms with Crippen LogP contribution in [-0.2, 0) is 0 Å². The average molecular weight is 273 g/mol. The molecule has 20 heavy (non-hydrogen) atoms. The number of hydrogen-bond donors (Lipinski definition) is 1. The highest BCUT2D eigenvalue weighted by molar-refractivity contribution is 5.85. The maximum absolute atomic E-state index is 10.8. The molecule has 0 aromatic carbocycles. The van der Waals surface area contributed by atoms with Crippen LogP contribution in [0.15, 0.2) is 24.9 Å². The summed E-state index contributed by atoms with van der Waals surface area (Å²) in [7, 11) is 0. The summed E-state index contributed by atoms with van der Waals surface area (Å²) in [6, 6.07) is 1.86. The van der Waals surface area contributed by atoms with E-state index < -0.39 is 5.97 Å². The summed E-state index contributed by atoms with van der Waals surface area (Å²) in [5.41, 5.74) is 0.00290. The van der Waals surface area contributed by atoms with Gasteiger partial charge in [-0.25, -0.2) is 19.7 Å². The summed E-state index contributed by atoms with van der Waals surface area (Å²) in [5, 5.41) is 8.89. The van der Waals surface area contributed by atoms with E-state index in [1.54, 1.807) is 4.57 Å². The molecule has 3 heterocycles. The van der Waals surface area contributed by atoms with Gasteiger partial charge in [-0.2, -0.15) is 0 Å². The van der Waals surface area contributed by atoms with Crippen LogP contribution in [0.3, 0.4) is 0 Å². The first kappa shape index (κ1) is 12.6. The molecule has 1 fully saturated rings. The van der Waals surface area contributed by atoms with Gasteiger partial charge in [0.1, 0.15) is 24.3 Å². The molecule has 0 amide bonds. The summed E-state index contributed by atoms with van der Waals surface area (Å²) < 4.78 is 1.60. The van der Waals surface area contributed by atoms with E-state index in [0.717, 1.165) is 18.9 Å². The van der Waals surface area contributed by atoms with E-state index in [2.05, 4.69) is 19.9 Å². The number of anilines is 1. The van der Waals surface area contributed by atoms with Crippen molar-refractivity contribution in [2.24, 2.45) is 0 Å². The van der Waals surface area contributed by atoms with E-state index >= 15 is 0 Å². The third-order valence-electron chi connectivity index (χ3n) is 3.38. The van der Waals surface area contributed by atoms with Crippen LogP contribution in [0.4, 0.5) is 5.82 Å². The van der Waals surface area contributed by atoms with Gasteiger partial charge in [-0.3, -0.25) is 4.57 Å². The van der Waals surface area contributed by atoms with Gasteiger partial charge in [-0.1, -0.05) is 0 Å². The molecular weight excluding hydrogens is 258 g/mol. The number of imidazole rings is 1. The summed E-state index contributed by atoms with van der Waals surface area (Å²) in [6.45, 7) is 2.00. The van der Waals surface area contributed by atoms with Crippen LogP contribution < -0.4 is 4.90 Å². The molecule has 104 valence electrons. The minimum Gasteiger partial charge on any atom is -0.476 e. The number of nitrogens with zero attached hydrogens (tertiary/aromatic N) is 5. The molecule has 1 saturated heterocycles. The monoisotopic (exact) mass is 273 g/mol. The predicted octanol–water partition coefficient (Wildman–Crippen LogP) is 1.35. The zero-order valence-electron chi connectivity index (χ0n) is 10.9. The fourth-order valence-electron chi connectivity index (χ4n) is 2.33. The van der Waals surface area contributed by atoms with Crippen LogP contribution in [0.25, 0.3) is 5.82 Å². The number of carboxylic acids is 1. The van der Waals surface area contributed by atoms with Crippen LogP contribution in [0.5, 0.6) is 0 Å². The number of rotatable bonds is 3. The van der Waals surface area contributed by atoms with Crippen molar-refractivity contribution in [3.05, 3.63) is 30.6 Å². The van der Waals surface area contributed by atoms with Crippen molar-refractivity contribution < 1.29 is 9.90 Å². The minimum atomic E-state index is -1.05. The highest BCUT2D eigenvalue weighted by Gasteiger charge is 2.14. The van der Waals surface area contributed by atoms with Gasteiger partial charge in [-0.15, -0.1) is 0 Å². The lowest BCUT2D eigenvalue weighted by Crippen LogP contribution is -2.30. The van der Waals surface area contributed by atoms with E-state index in [0.29, 0.717) is 5.82 Å². The number of aromatic carboxylic acids is 1. The molecule has 3 rings (SSSR count). The first-order valence-electron chi connectivity index (χ1n) is 6.59. The number of hydrogen-bond acceptors (Lipinski definition) is 5. The zero-order chi connectivity index (χ0) is 13.9. The van der Waals surface area contributed by atoms with Gasteiger partial charge in [-0.05, 0) is 19.3 Å². The zero-order valence-corrected chi connectivity index (χ0v) is 10.9. The molecule has 1 aliphatic rings. The molecule has 7 heteroatoms. The molecule has 7 nitrogen and oxygen atoms in total. The molecule has 0 aliphatic carbocycles. The quantitative estimate of drug-likeness (QED) is 0.908. The Labute approximate surface area is 115 Å². The van der Waals surface area contributed by atoms with E-state index in [9.17, 15) is 4.79 Å². The SMILES string of the molecule is O=C(O)c1cn(-c2cc(N3CCCCC3)ncn2)cn1. The third kappa shape index (κ3) is 2.47. The molecule has 0 atom stereocenters. The van der Waals surface area contributed by atoms with E-state index in [-0.39, 0.29) is 5.69 Å². The summed E-state index contributed by atoms with van der Waals surface area (Å²) in [6.07, 6.45) is 8.01. The smallest absolute Gasteiger partial charge is 0.356 e. The van der Waals surface area contributed by atoms with Crippen LogP contribution in [0, 0.1) is 0 Å². The van der Waals surface area contributed by atoms with Crippen molar-refractivity contribution in [3.63, 3.8) is 0 Å². The molecular formula is C13H15N5O2. The molecule has 1 N–H and O–H groups in total. The van der Waals surface area contributed by atoms with Gasteiger partial charge >= 0.3 is 5.97 Å². The molecule has 0 unspecified atom stereocenters. The van der Waals surface area contributed by atoms with Gasteiger partial charge in [0, 0.05) is 25.4 Å². The Hall–Kier alpha value is -2.44. The van der Waals surface area contributed by atoms with E-state index in [1.807, 2.05) is 6.07 Å². The van der Waals surface area contributed by atoms with E-state index in [1.165, 1.54) is 38.1 Å². The Morgan fingerprint density at radius 1 is 1.10 bits per heavy atom. The van der Waals surface area contributed by atoms with Gasteiger partial charge < -0.3 is 10.0 Å². The second kappa shape index (κ2) is 5.28. The first-order chi connectivity index (χ1) is 9.74. The molecule has 0 bridgehead atoms. The van der Waals surface area contributed by atoms with Gasteiger partial charge in [0.15, 0.2) is 5.69 Å². The Balaban J connectivity index is 1.87. The Bertz CT molecular complexity index is 619. The lowest BCUT2D eigenvalue weighted by Gasteiger charge is -2.27. The Morgan fingerprint density at radius 3 is 2.55 bits per heavy atom. The lowest BCUT2D eigenvalue weighted by atomic mass is 10.1. The number of carbonyl (C=O) groups is 1. The molecule has 0 radical (unpaired) electrons. The molecule has 0 saturated carbocycles. The van der Waals surface area contributed by atoms with Gasteiger partial charge in [0.2, 0.25) is 0 Å². The second-order valence-corrected chi connectivity index (χ2v) is 4.75. The standard InChI is InChI=1S/C13H15N5O2/c19-13(20)10-7-18(9-16-10)12-6-11(14-8-15-12)17-4-2-1-3-5-17/h6-9H,1-5H2,(H,19,20). The number of carboxylic acid groups (broad SMARTS) is 1. The molecule has 1 aliphatic heterocycles. The molecule has 2 aromatic rings. The highest BCUT2D eigenvalue weighted by Crippen LogP contribution is 2.18. The lowest BCUT2D eigenvalue weighted by molar-refractivity contribution is 0.0691. The summed E-state index contributed by atoms with van der Waals surface area (Å²) in [5.74, 6) is 0.454. The van der Waals surface area contributed by atoms with Gasteiger partial charge in [0.25, 0.3) is 0 Å². The maximum atomic E-state index is 10.8. The van der Waals surface area contributed by atoms with Crippen molar-refractivity contribution in [2.75, 3.05) is 18.0 Å². The second-order valence-electron chi connectivity index (χ2n) is 4.75. The summed E-state index contributed by atoms with van der Waals surface area (Å²) in [4.78, 5) is 25.4. The average Bonchev–Trinajstić information content (AvgIpc) is 2.98. The predicted molar refractivity (Wildman–Crippen MR) is 72.2 cm³/mol. The van der Waals surface area contributed by atoms with Crippen molar-refractivity contribution in [2.45, 2.75) is 19.3 Å². The third-order valence-corrected chi connectivity index (χ3v) is 3.38. The summed E-state index contributed by atoms with van der Waals surface area (Å²) >= 11 is 0.